The first-order valence-electron chi connectivity index (χ1n) is 6.47. The van der Waals surface area contributed by atoms with Gasteiger partial charge in [0.05, 0.1) is 17.9 Å². The van der Waals surface area contributed by atoms with E-state index in [1.165, 1.54) is 0 Å². The maximum atomic E-state index is 11.7. The third-order valence-electron chi connectivity index (χ3n) is 2.76. The molecule has 2 amide bonds. The second-order valence-corrected chi connectivity index (χ2v) is 4.93. The van der Waals surface area contributed by atoms with Crippen molar-refractivity contribution in [3.05, 3.63) is 23.8 Å². The molecule has 0 bridgehead atoms. The van der Waals surface area contributed by atoms with E-state index in [0.717, 1.165) is 5.69 Å². The smallest absolute Gasteiger partial charge is 0.251 e. The van der Waals surface area contributed by atoms with Crippen LogP contribution in [0.3, 0.4) is 0 Å². The van der Waals surface area contributed by atoms with Crippen LogP contribution < -0.4 is 21.3 Å². The van der Waals surface area contributed by atoms with Crippen LogP contribution in [0.2, 0.25) is 0 Å². The largest absolute Gasteiger partial charge is 0.397 e. The molecule has 0 heterocycles. The van der Waals surface area contributed by atoms with Gasteiger partial charge in [-0.25, -0.2) is 0 Å². The van der Waals surface area contributed by atoms with Crippen molar-refractivity contribution in [3.8, 4) is 0 Å². The number of nitrogens with zero attached hydrogens (tertiary/aromatic N) is 1. The summed E-state index contributed by atoms with van der Waals surface area (Å²) >= 11 is 0. The molecule has 4 N–H and O–H groups in total. The molecule has 1 aromatic rings. The van der Waals surface area contributed by atoms with E-state index in [1.807, 2.05) is 13.8 Å². The summed E-state index contributed by atoms with van der Waals surface area (Å²) in [7, 11) is 3.35. The second-order valence-electron chi connectivity index (χ2n) is 4.93. The lowest BCUT2D eigenvalue weighted by atomic mass is 10.1. The number of likely N-dealkylation sites (N-methyl/N-ethyl adjacent to an activating group) is 1. The third-order valence-corrected chi connectivity index (χ3v) is 2.76. The molecular formula is C14H22N4O2. The number of rotatable bonds is 5. The van der Waals surface area contributed by atoms with Crippen LogP contribution in [0.15, 0.2) is 18.2 Å². The van der Waals surface area contributed by atoms with Crippen LogP contribution in [-0.4, -0.2) is 38.5 Å². The molecule has 110 valence electrons. The molecule has 0 unspecified atom stereocenters. The zero-order chi connectivity index (χ0) is 15.3. The second kappa shape index (κ2) is 6.79. The van der Waals surface area contributed by atoms with Gasteiger partial charge in [0, 0.05) is 25.7 Å². The van der Waals surface area contributed by atoms with Gasteiger partial charge in [0.2, 0.25) is 5.91 Å². The highest BCUT2D eigenvalue weighted by Gasteiger charge is 2.12. The number of benzene rings is 1. The lowest BCUT2D eigenvalue weighted by Crippen LogP contribution is -2.38. The Balaban J connectivity index is 2.81. The van der Waals surface area contributed by atoms with Gasteiger partial charge in [0.25, 0.3) is 5.91 Å². The minimum Gasteiger partial charge on any atom is -0.397 e. The molecule has 1 rings (SSSR count). The van der Waals surface area contributed by atoms with Crippen LogP contribution in [0.4, 0.5) is 11.4 Å². The fourth-order valence-electron chi connectivity index (χ4n) is 1.86. The summed E-state index contributed by atoms with van der Waals surface area (Å²) in [5.74, 6) is -0.263. The molecule has 6 nitrogen and oxygen atoms in total. The van der Waals surface area contributed by atoms with Crippen molar-refractivity contribution < 1.29 is 9.59 Å². The lowest BCUT2D eigenvalue weighted by molar-refractivity contribution is -0.120. The van der Waals surface area contributed by atoms with E-state index in [-0.39, 0.29) is 24.4 Å². The maximum absolute atomic E-state index is 11.7. The Morgan fingerprint density at radius 3 is 2.50 bits per heavy atom. The summed E-state index contributed by atoms with van der Waals surface area (Å²) in [6.45, 7) is 4.02. The van der Waals surface area contributed by atoms with Gasteiger partial charge in [-0.05, 0) is 32.0 Å². The number of hydrogen-bond donors (Lipinski definition) is 3. The first kappa shape index (κ1) is 15.8. The van der Waals surface area contributed by atoms with Crippen LogP contribution >= 0.6 is 0 Å². The van der Waals surface area contributed by atoms with Crippen molar-refractivity contribution in [1.82, 2.24) is 10.6 Å². The third kappa shape index (κ3) is 4.15. The molecule has 0 fully saturated rings. The Bertz CT molecular complexity index is 500. The quantitative estimate of drug-likeness (QED) is 0.688. The van der Waals surface area contributed by atoms with Crippen LogP contribution in [0.1, 0.15) is 24.2 Å². The van der Waals surface area contributed by atoms with Crippen molar-refractivity contribution in [1.29, 1.82) is 0 Å². The zero-order valence-electron chi connectivity index (χ0n) is 12.4. The number of nitrogens with one attached hydrogen (secondary N) is 2. The lowest BCUT2D eigenvalue weighted by Gasteiger charge is -2.21. The Labute approximate surface area is 119 Å². The number of nitrogen functional groups attached to an aromatic ring is 1. The highest BCUT2D eigenvalue weighted by Crippen LogP contribution is 2.23. The molecule has 20 heavy (non-hydrogen) atoms. The molecule has 0 saturated carbocycles. The summed E-state index contributed by atoms with van der Waals surface area (Å²) in [5, 5.41) is 5.35. The van der Waals surface area contributed by atoms with Gasteiger partial charge in [-0.1, -0.05) is 0 Å². The van der Waals surface area contributed by atoms with E-state index < -0.39 is 0 Å². The maximum Gasteiger partial charge on any atom is 0.251 e. The monoisotopic (exact) mass is 278 g/mol. The van der Waals surface area contributed by atoms with Crippen molar-refractivity contribution in [2.45, 2.75) is 19.9 Å². The van der Waals surface area contributed by atoms with Crippen LogP contribution in [0, 0.1) is 0 Å². The Morgan fingerprint density at radius 1 is 1.35 bits per heavy atom. The molecule has 0 radical (unpaired) electrons. The van der Waals surface area contributed by atoms with Crippen LogP contribution in [0.5, 0.6) is 0 Å². The van der Waals surface area contributed by atoms with Gasteiger partial charge in [0.15, 0.2) is 0 Å². The normalized spacial score (nSPS) is 10.2. The van der Waals surface area contributed by atoms with E-state index in [9.17, 15) is 9.59 Å². The minimum atomic E-state index is -0.191. The van der Waals surface area contributed by atoms with Gasteiger partial charge in [-0.2, -0.15) is 0 Å². The minimum absolute atomic E-state index is 0.0720. The molecule has 0 aliphatic rings. The van der Waals surface area contributed by atoms with Crippen LogP contribution in [0.25, 0.3) is 0 Å². The van der Waals surface area contributed by atoms with Crippen molar-refractivity contribution in [3.63, 3.8) is 0 Å². The van der Waals surface area contributed by atoms with Gasteiger partial charge < -0.3 is 21.3 Å². The summed E-state index contributed by atoms with van der Waals surface area (Å²) in [6.07, 6.45) is 0. The molecule has 6 heteroatoms. The summed E-state index contributed by atoms with van der Waals surface area (Å²) in [4.78, 5) is 25.0. The highest BCUT2D eigenvalue weighted by atomic mass is 16.2. The Hall–Kier alpha value is -2.24. The Kier molecular flexibility index (Phi) is 5.37. The van der Waals surface area contributed by atoms with Gasteiger partial charge in [-0.3, -0.25) is 9.59 Å². The van der Waals surface area contributed by atoms with Crippen molar-refractivity contribution >= 4 is 23.2 Å². The number of anilines is 2. The number of carbonyl (C=O) groups excluding carboxylic acids is 2. The molecular weight excluding hydrogens is 256 g/mol. The summed E-state index contributed by atoms with van der Waals surface area (Å²) < 4.78 is 0. The van der Waals surface area contributed by atoms with E-state index in [0.29, 0.717) is 11.3 Å². The number of hydrogen-bond acceptors (Lipinski definition) is 4. The van der Waals surface area contributed by atoms with Crippen LogP contribution in [-0.2, 0) is 4.79 Å². The average molecular weight is 278 g/mol. The summed E-state index contributed by atoms with van der Waals surface area (Å²) in [5.41, 5.74) is 7.62. The number of amides is 2. The fourth-order valence-corrected chi connectivity index (χ4v) is 1.86. The Morgan fingerprint density at radius 2 is 2.00 bits per heavy atom. The topological polar surface area (TPSA) is 87.5 Å². The first-order chi connectivity index (χ1) is 9.35. The molecule has 0 aliphatic carbocycles. The van der Waals surface area contributed by atoms with Gasteiger partial charge in [0.1, 0.15) is 0 Å². The molecule has 0 saturated heterocycles. The summed E-state index contributed by atoms with van der Waals surface area (Å²) in [6, 6.07) is 5.12. The average Bonchev–Trinajstić information content (AvgIpc) is 2.36. The molecule has 0 spiro atoms. The zero-order valence-corrected chi connectivity index (χ0v) is 12.4. The molecule has 0 aliphatic heterocycles. The van der Waals surface area contributed by atoms with Crippen molar-refractivity contribution in [2.75, 3.05) is 31.3 Å². The number of nitrogens with two attached hydrogens (primary N) is 1. The SMILES string of the molecule is CNC(=O)c1ccc(N(C)CC(=O)NC(C)C)c(N)c1. The predicted molar refractivity (Wildman–Crippen MR) is 80.8 cm³/mol. The van der Waals surface area contributed by atoms with Gasteiger partial charge in [-0.15, -0.1) is 0 Å². The van der Waals surface area contributed by atoms with E-state index in [1.54, 1.807) is 37.2 Å². The van der Waals surface area contributed by atoms with E-state index >= 15 is 0 Å². The highest BCUT2D eigenvalue weighted by molar-refractivity contribution is 5.96. The predicted octanol–water partition coefficient (Wildman–Crippen LogP) is 0.589. The van der Waals surface area contributed by atoms with Crippen molar-refractivity contribution in [2.24, 2.45) is 0 Å². The fraction of sp³-hybridized carbons (Fsp3) is 0.429. The van der Waals surface area contributed by atoms with Gasteiger partial charge >= 0.3 is 0 Å². The molecule has 0 aromatic heterocycles. The van der Waals surface area contributed by atoms with E-state index in [2.05, 4.69) is 10.6 Å². The molecule has 0 atom stereocenters. The first-order valence-corrected chi connectivity index (χ1v) is 6.47. The molecule has 1 aromatic carbocycles. The standard InChI is InChI=1S/C14H22N4O2/c1-9(2)17-13(19)8-18(4)12-6-5-10(7-11(12)15)14(20)16-3/h5-7,9H,8,15H2,1-4H3,(H,16,20)(H,17,19). The number of carbonyl (C=O) groups is 2. The van der Waals surface area contributed by atoms with E-state index in [4.69, 9.17) is 5.73 Å².